The summed E-state index contributed by atoms with van der Waals surface area (Å²) < 4.78 is 6.74. The highest BCUT2D eigenvalue weighted by atomic mass is 16.6. The predicted octanol–water partition coefficient (Wildman–Crippen LogP) is 1.09. The van der Waals surface area contributed by atoms with Crippen LogP contribution < -0.4 is 10.9 Å². The van der Waals surface area contributed by atoms with E-state index < -0.39 is 11.7 Å². The average molecular weight is 241 g/mol. The normalized spacial score (nSPS) is 13.2. The molecule has 0 aromatic carbocycles. The molecule has 1 aromatic rings. The van der Waals surface area contributed by atoms with Crippen LogP contribution in [0.3, 0.4) is 0 Å². The van der Waals surface area contributed by atoms with Crippen LogP contribution in [-0.4, -0.2) is 27.5 Å². The minimum absolute atomic E-state index is 0.132. The molecule has 0 radical (unpaired) electrons. The Morgan fingerprint density at radius 2 is 2.24 bits per heavy atom. The van der Waals surface area contributed by atoms with E-state index in [0.29, 0.717) is 6.54 Å². The van der Waals surface area contributed by atoms with Crippen LogP contribution in [0.4, 0.5) is 4.79 Å². The number of alkyl carbamates (subject to hydrolysis) is 1. The number of carbonyl (C=O) groups is 1. The van der Waals surface area contributed by atoms with Crippen molar-refractivity contribution in [2.45, 2.75) is 45.9 Å². The van der Waals surface area contributed by atoms with Gasteiger partial charge in [0.2, 0.25) is 0 Å². The van der Waals surface area contributed by atoms with Gasteiger partial charge in [-0.2, -0.15) is 0 Å². The Kier molecular flexibility index (Phi) is 3.98. The highest BCUT2D eigenvalue weighted by Gasteiger charge is 2.17. The lowest BCUT2D eigenvalue weighted by atomic mass is 10.2. The number of aromatic nitrogens is 2. The fraction of sp³-hybridized carbons (Fsp3) is 0.636. The second-order valence-electron chi connectivity index (χ2n) is 4.99. The number of ether oxygens (including phenoxy) is 1. The van der Waals surface area contributed by atoms with E-state index >= 15 is 0 Å². The summed E-state index contributed by atoms with van der Waals surface area (Å²) in [7, 11) is 0. The Hall–Kier alpha value is -1.72. The first-order valence-corrected chi connectivity index (χ1v) is 5.51. The maximum atomic E-state index is 11.4. The van der Waals surface area contributed by atoms with E-state index in [9.17, 15) is 9.59 Å². The lowest BCUT2D eigenvalue weighted by Gasteiger charge is -2.22. The zero-order chi connectivity index (χ0) is 13.1. The molecule has 0 aliphatic rings. The highest BCUT2D eigenvalue weighted by Crippen LogP contribution is 2.06. The summed E-state index contributed by atoms with van der Waals surface area (Å²) in [6, 6.07) is 1.30. The summed E-state index contributed by atoms with van der Waals surface area (Å²) >= 11 is 0. The molecular weight excluding hydrogens is 222 g/mol. The minimum atomic E-state index is -0.508. The van der Waals surface area contributed by atoms with Gasteiger partial charge in [0.15, 0.2) is 0 Å². The fourth-order valence-corrected chi connectivity index (χ4v) is 1.33. The zero-order valence-electron chi connectivity index (χ0n) is 10.6. The number of carbonyl (C=O) groups excluding carboxylic acids is 1. The van der Waals surface area contributed by atoms with Crippen molar-refractivity contribution in [3.05, 3.63) is 22.6 Å². The van der Waals surface area contributed by atoms with Crippen molar-refractivity contribution in [3.8, 4) is 0 Å². The number of rotatable bonds is 3. The smallest absolute Gasteiger partial charge is 0.407 e. The van der Waals surface area contributed by atoms with Gasteiger partial charge in [-0.05, 0) is 27.7 Å². The van der Waals surface area contributed by atoms with Crippen molar-refractivity contribution >= 4 is 6.09 Å². The van der Waals surface area contributed by atoms with Crippen molar-refractivity contribution in [1.29, 1.82) is 0 Å². The van der Waals surface area contributed by atoms with Gasteiger partial charge in [-0.1, -0.05) is 0 Å². The third kappa shape index (κ3) is 5.24. The first kappa shape index (κ1) is 13.3. The Morgan fingerprint density at radius 1 is 1.59 bits per heavy atom. The number of nitrogens with zero attached hydrogens (tertiary/aromatic N) is 1. The highest BCUT2D eigenvalue weighted by molar-refractivity contribution is 5.67. The number of aromatic amines is 1. The Morgan fingerprint density at radius 3 is 2.71 bits per heavy atom. The number of amides is 1. The first-order valence-electron chi connectivity index (χ1n) is 5.51. The third-order valence-electron chi connectivity index (χ3n) is 1.89. The molecule has 6 heteroatoms. The van der Waals surface area contributed by atoms with E-state index in [2.05, 4.69) is 10.4 Å². The molecule has 1 atom stereocenters. The summed E-state index contributed by atoms with van der Waals surface area (Å²) in [6.07, 6.45) is 1.18. The molecule has 0 saturated carbocycles. The van der Waals surface area contributed by atoms with Crippen molar-refractivity contribution in [3.63, 3.8) is 0 Å². The van der Waals surface area contributed by atoms with Gasteiger partial charge in [-0.3, -0.25) is 14.6 Å². The first-order chi connectivity index (χ1) is 7.76. The quantitative estimate of drug-likeness (QED) is 0.831. The van der Waals surface area contributed by atoms with Crippen LogP contribution in [0, 0.1) is 0 Å². The Bertz CT molecular complexity index is 428. The summed E-state index contributed by atoms with van der Waals surface area (Å²) in [6.45, 7) is 7.74. The van der Waals surface area contributed by atoms with Gasteiger partial charge in [0, 0.05) is 18.3 Å². The van der Waals surface area contributed by atoms with E-state index in [-0.39, 0.29) is 11.6 Å². The molecular formula is C11H19N3O3. The van der Waals surface area contributed by atoms with Gasteiger partial charge in [0.25, 0.3) is 5.56 Å². The molecule has 0 spiro atoms. The lowest BCUT2D eigenvalue weighted by molar-refractivity contribution is 0.0503. The van der Waals surface area contributed by atoms with Crippen molar-refractivity contribution in [1.82, 2.24) is 15.1 Å². The summed E-state index contributed by atoms with van der Waals surface area (Å²) in [5.41, 5.74) is -0.666. The van der Waals surface area contributed by atoms with E-state index in [0.717, 1.165) is 0 Å². The maximum Gasteiger partial charge on any atom is 0.407 e. The fourth-order valence-electron chi connectivity index (χ4n) is 1.33. The van der Waals surface area contributed by atoms with Gasteiger partial charge in [-0.15, -0.1) is 0 Å². The van der Waals surface area contributed by atoms with Crippen LogP contribution in [-0.2, 0) is 11.3 Å². The molecule has 0 aliphatic heterocycles. The van der Waals surface area contributed by atoms with Crippen LogP contribution in [0.1, 0.15) is 27.7 Å². The van der Waals surface area contributed by atoms with Gasteiger partial charge >= 0.3 is 6.09 Å². The van der Waals surface area contributed by atoms with E-state index in [1.165, 1.54) is 6.07 Å². The molecule has 1 amide bonds. The SMILES string of the molecule is C[C@H](Cn1ccc(=O)[nH]1)NC(=O)OC(C)(C)C. The molecule has 17 heavy (non-hydrogen) atoms. The average Bonchev–Trinajstić information content (AvgIpc) is 2.46. The van der Waals surface area contributed by atoms with Gasteiger partial charge in [-0.25, -0.2) is 4.79 Å². The molecule has 1 aromatic heterocycles. The van der Waals surface area contributed by atoms with Crippen LogP contribution in [0.15, 0.2) is 17.1 Å². The van der Waals surface area contributed by atoms with Crippen LogP contribution in [0.5, 0.6) is 0 Å². The molecule has 1 rings (SSSR count). The molecule has 96 valence electrons. The molecule has 0 bridgehead atoms. The second-order valence-corrected chi connectivity index (χ2v) is 4.99. The number of nitrogens with one attached hydrogen (secondary N) is 2. The predicted molar refractivity (Wildman–Crippen MR) is 63.9 cm³/mol. The largest absolute Gasteiger partial charge is 0.444 e. The van der Waals surface area contributed by atoms with Crippen LogP contribution in [0.2, 0.25) is 0 Å². The number of hydrogen-bond acceptors (Lipinski definition) is 3. The molecule has 0 saturated heterocycles. The molecule has 6 nitrogen and oxygen atoms in total. The molecule has 0 fully saturated rings. The summed E-state index contributed by atoms with van der Waals surface area (Å²) in [4.78, 5) is 22.3. The van der Waals surface area contributed by atoms with Crippen molar-refractivity contribution in [2.75, 3.05) is 0 Å². The number of hydrogen-bond donors (Lipinski definition) is 2. The van der Waals surface area contributed by atoms with Crippen molar-refractivity contribution < 1.29 is 9.53 Å². The number of H-pyrrole nitrogens is 1. The summed E-state index contributed by atoms with van der Waals surface area (Å²) in [5.74, 6) is 0. The molecule has 0 aliphatic carbocycles. The molecule has 2 N–H and O–H groups in total. The Labute approximate surface area is 99.9 Å². The second kappa shape index (κ2) is 5.07. The van der Waals surface area contributed by atoms with E-state index in [1.807, 2.05) is 6.92 Å². The standard InChI is InChI=1S/C11H19N3O3/c1-8(7-14-6-5-9(15)13-14)12-10(16)17-11(2,3)4/h5-6,8H,7H2,1-4H3,(H,12,16)(H,13,15)/t8-/m1/s1. The lowest BCUT2D eigenvalue weighted by Crippen LogP contribution is -2.39. The topological polar surface area (TPSA) is 76.1 Å². The monoisotopic (exact) mass is 241 g/mol. The van der Waals surface area contributed by atoms with E-state index in [4.69, 9.17) is 4.74 Å². The van der Waals surface area contributed by atoms with Crippen LogP contribution >= 0.6 is 0 Å². The van der Waals surface area contributed by atoms with E-state index in [1.54, 1.807) is 31.6 Å². The maximum absolute atomic E-state index is 11.4. The van der Waals surface area contributed by atoms with Crippen molar-refractivity contribution in [2.24, 2.45) is 0 Å². The summed E-state index contributed by atoms with van der Waals surface area (Å²) in [5, 5.41) is 5.29. The van der Waals surface area contributed by atoms with Gasteiger partial charge in [0.05, 0.1) is 6.54 Å². The molecule has 0 unspecified atom stereocenters. The minimum Gasteiger partial charge on any atom is -0.444 e. The molecule has 1 heterocycles. The van der Waals surface area contributed by atoms with Gasteiger partial charge in [0.1, 0.15) is 5.60 Å². The van der Waals surface area contributed by atoms with Crippen LogP contribution in [0.25, 0.3) is 0 Å². The van der Waals surface area contributed by atoms with Gasteiger partial charge < -0.3 is 10.1 Å². The Balaban J connectivity index is 2.42. The zero-order valence-corrected chi connectivity index (χ0v) is 10.6. The third-order valence-corrected chi connectivity index (χ3v) is 1.89.